The van der Waals surface area contributed by atoms with Crippen molar-refractivity contribution in [1.29, 1.82) is 0 Å². The second kappa shape index (κ2) is 7.10. The van der Waals surface area contributed by atoms with Crippen molar-refractivity contribution in [3.8, 4) is 0 Å². The number of hydrogen-bond acceptors (Lipinski definition) is 1. The third kappa shape index (κ3) is 4.28. The second-order valence-electron chi connectivity index (χ2n) is 5.16. The Morgan fingerprint density at radius 1 is 1.31 bits per heavy atom. The van der Waals surface area contributed by atoms with Crippen LogP contribution in [-0.2, 0) is 0 Å². The third-order valence-electron chi connectivity index (χ3n) is 3.28. The second-order valence-corrected chi connectivity index (χ2v) is 5.54. The minimum Gasteiger partial charge on any atom is -0.362 e. The molecule has 94 valence electrons. The molecule has 1 aliphatic rings. The largest absolute Gasteiger partial charge is 0.362 e. The van der Waals surface area contributed by atoms with Crippen LogP contribution in [0.2, 0.25) is 0 Å². The molecule has 1 rings (SSSR count). The summed E-state index contributed by atoms with van der Waals surface area (Å²) in [5.41, 5.74) is 0. The summed E-state index contributed by atoms with van der Waals surface area (Å²) >= 11 is 5.49. The SMILES string of the molecule is CCN(C(=S)NCC(C)C)C1CCCCC1. The first kappa shape index (κ1) is 13.8. The van der Waals surface area contributed by atoms with Crippen LogP contribution in [0.25, 0.3) is 0 Å². The van der Waals surface area contributed by atoms with Gasteiger partial charge in [0.25, 0.3) is 0 Å². The summed E-state index contributed by atoms with van der Waals surface area (Å²) in [6.07, 6.45) is 6.77. The lowest BCUT2D eigenvalue weighted by Crippen LogP contribution is -2.47. The fourth-order valence-electron chi connectivity index (χ4n) is 2.35. The van der Waals surface area contributed by atoms with Gasteiger partial charge >= 0.3 is 0 Å². The van der Waals surface area contributed by atoms with E-state index in [1.54, 1.807) is 0 Å². The van der Waals surface area contributed by atoms with E-state index < -0.39 is 0 Å². The molecule has 1 aliphatic carbocycles. The molecule has 0 aliphatic heterocycles. The van der Waals surface area contributed by atoms with E-state index in [9.17, 15) is 0 Å². The summed E-state index contributed by atoms with van der Waals surface area (Å²) in [7, 11) is 0. The summed E-state index contributed by atoms with van der Waals surface area (Å²) < 4.78 is 0. The number of thiocarbonyl (C=S) groups is 1. The molecule has 0 unspecified atom stereocenters. The van der Waals surface area contributed by atoms with Crippen molar-refractivity contribution in [2.24, 2.45) is 5.92 Å². The number of nitrogens with zero attached hydrogens (tertiary/aromatic N) is 1. The molecule has 0 aromatic carbocycles. The predicted octanol–water partition coefficient (Wildman–Crippen LogP) is 3.17. The standard InChI is InChI=1S/C13H26N2S/c1-4-15(12-8-6-5-7-9-12)13(16)14-10-11(2)3/h11-12H,4-10H2,1-3H3,(H,14,16). The van der Waals surface area contributed by atoms with E-state index in [0.29, 0.717) is 12.0 Å². The fourth-order valence-corrected chi connectivity index (χ4v) is 2.71. The molecule has 1 N–H and O–H groups in total. The lowest BCUT2D eigenvalue weighted by atomic mass is 9.94. The maximum atomic E-state index is 5.49. The van der Waals surface area contributed by atoms with Gasteiger partial charge in [0, 0.05) is 19.1 Å². The van der Waals surface area contributed by atoms with E-state index in [1.807, 2.05) is 0 Å². The van der Waals surface area contributed by atoms with Gasteiger partial charge in [-0.15, -0.1) is 0 Å². The molecule has 16 heavy (non-hydrogen) atoms. The zero-order chi connectivity index (χ0) is 12.0. The minimum absolute atomic E-state index is 0.656. The highest BCUT2D eigenvalue weighted by atomic mass is 32.1. The molecule has 3 heteroatoms. The zero-order valence-corrected chi connectivity index (χ0v) is 11.8. The van der Waals surface area contributed by atoms with E-state index in [4.69, 9.17) is 12.2 Å². The normalized spacial score (nSPS) is 17.5. The third-order valence-corrected chi connectivity index (χ3v) is 3.66. The van der Waals surface area contributed by atoms with Gasteiger partial charge in [0.15, 0.2) is 5.11 Å². The highest BCUT2D eigenvalue weighted by Crippen LogP contribution is 2.22. The molecule has 0 radical (unpaired) electrons. The Morgan fingerprint density at radius 2 is 1.94 bits per heavy atom. The Bertz CT molecular complexity index is 210. The van der Waals surface area contributed by atoms with E-state index in [2.05, 4.69) is 31.0 Å². The molecule has 1 fully saturated rings. The van der Waals surface area contributed by atoms with Gasteiger partial charge in [-0.05, 0) is 37.9 Å². The van der Waals surface area contributed by atoms with Crippen LogP contribution in [0.1, 0.15) is 52.9 Å². The van der Waals surface area contributed by atoms with Crippen LogP contribution in [0.3, 0.4) is 0 Å². The van der Waals surface area contributed by atoms with E-state index >= 15 is 0 Å². The van der Waals surface area contributed by atoms with Crippen molar-refractivity contribution in [3.63, 3.8) is 0 Å². The first-order valence-corrected chi connectivity index (χ1v) is 7.10. The Balaban J connectivity index is 2.41. The molecule has 0 aromatic rings. The quantitative estimate of drug-likeness (QED) is 0.762. The van der Waals surface area contributed by atoms with Crippen molar-refractivity contribution < 1.29 is 0 Å². The maximum absolute atomic E-state index is 5.49. The smallest absolute Gasteiger partial charge is 0.169 e. The van der Waals surface area contributed by atoms with E-state index in [1.165, 1.54) is 32.1 Å². The molecule has 0 spiro atoms. The van der Waals surface area contributed by atoms with Gasteiger partial charge in [-0.25, -0.2) is 0 Å². The fraction of sp³-hybridized carbons (Fsp3) is 0.923. The summed E-state index contributed by atoms with van der Waals surface area (Å²) in [5.74, 6) is 0.656. The maximum Gasteiger partial charge on any atom is 0.169 e. The molecule has 0 bridgehead atoms. The highest BCUT2D eigenvalue weighted by Gasteiger charge is 2.21. The van der Waals surface area contributed by atoms with Crippen LogP contribution in [0, 0.1) is 5.92 Å². The van der Waals surface area contributed by atoms with Crippen molar-refractivity contribution in [2.75, 3.05) is 13.1 Å². The Hall–Kier alpha value is -0.310. The average molecular weight is 242 g/mol. The van der Waals surface area contributed by atoms with Crippen molar-refractivity contribution in [3.05, 3.63) is 0 Å². The monoisotopic (exact) mass is 242 g/mol. The molecule has 2 nitrogen and oxygen atoms in total. The summed E-state index contributed by atoms with van der Waals surface area (Å²) in [6, 6.07) is 0.686. The van der Waals surface area contributed by atoms with Crippen molar-refractivity contribution in [1.82, 2.24) is 10.2 Å². The molecule has 0 atom stereocenters. The number of rotatable bonds is 4. The number of hydrogen-bond donors (Lipinski definition) is 1. The van der Waals surface area contributed by atoms with Crippen molar-refractivity contribution >= 4 is 17.3 Å². The van der Waals surface area contributed by atoms with Crippen LogP contribution in [0.15, 0.2) is 0 Å². The van der Waals surface area contributed by atoms with Gasteiger partial charge in [0.1, 0.15) is 0 Å². The lowest BCUT2D eigenvalue weighted by molar-refractivity contribution is 0.249. The average Bonchev–Trinajstić information content (AvgIpc) is 2.29. The lowest BCUT2D eigenvalue weighted by Gasteiger charge is -2.35. The van der Waals surface area contributed by atoms with Gasteiger partial charge in [0.2, 0.25) is 0 Å². The van der Waals surface area contributed by atoms with Crippen LogP contribution < -0.4 is 5.32 Å². The topological polar surface area (TPSA) is 15.3 Å². The number of nitrogens with one attached hydrogen (secondary N) is 1. The summed E-state index contributed by atoms with van der Waals surface area (Å²) in [4.78, 5) is 2.39. The van der Waals surface area contributed by atoms with Gasteiger partial charge in [-0.3, -0.25) is 0 Å². The zero-order valence-electron chi connectivity index (χ0n) is 11.0. The van der Waals surface area contributed by atoms with E-state index in [-0.39, 0.29) is 0 Å². The minimum atomic E-state index is 0.656. The van der Waals surface area contributed by atoms with Gasteiger partial charge in [0.05, 0.1) is 0 Å². The molecule has 0 heterocycles. The Kier molecular flexibility index (Phi) is 6.10. The van der Waals surface area contributed by atoms with Crippen LogP contribution in [-0.4, -0.2) is 29.1 Å². The van der Waals surface area contributed by atoms with E-state index in [0.717, 1.165) is 18.2 Å². The van der Waals surface area contributed by atoms with Crippen molar-refractivity contribution in [2.45, 2.75) is 58.9 Å². The molecular formula is C13H26N2S. The van der Waals surface area contributed by atoms with Gasteiger partial charge in [-0.1, -0.05) is 33.1 Å². The Morgan fingerprint density at radius 3 is 2.44 bits per heavy atom. The van der Waals surface area contributed by atoms with Crippen LogP contribution >= 0.6 is 12.2 Å². The molecule has 0 saturated heterocycles. The molecular weight excluding hydrogens is 216 g/mol. The van der Waals surface area contributed by atoms with Crippen LogP contribution in [0.4, 0.5) is 0 Å². The molecule has 0 aromatic heterocycles. The Labute approximate surface area is 106 Å². The summed E-state index contributed by atoms with van der Waals surface area (Å²) in [5, 5.41) is 4.35. The van der Waals surface area contributed by atoms with Crippen LogP contribution in [0.5, 0.6) is 0 Å². The van der Waals surface area contributed by atoms with Gasteiger partial charge in [-0.2, -0.15) is 0 Å². The summed E-state index contributed by atoms with van der Waals surface area (Å²) in [6.45, 7) is 8.66. The first-order valence-electron chi connectivity index (χ1n) is 6.69. The molecule has 1 saturated carbocycles. The molecule has 0 amide bonds. The van der Waals surface area contributed by atoms with Gasteiger partial charge < -0.3 is 10.2 Å². The highest BCUT2D eigenvalue weighted by molar-refractivity contribution is 7.80. The first-order chi connectivity index (χ1) is 7.65. The predicted molar refractivity (Wildman–Crippen MR) is 74.7 cm³/mol.